The summed E-state index contributed by atoms with van der Waals surface area (Å²) in [5.41, 5.74) is 3.85. The van der Waals surface area contributed by atoms with Crippen LogP contribution in [0.25, 0.3) is 49.1 Å². The summed E-state index contributed by atoms with van der Waals surface area (Å²) in [4.78, 5) is 5.08. The van der Waals surface area contributed by atoms with Gasteiger partial charge in [-0.3, -0.25) is 4.40 Å². The molecule has 0 radical (unpaired) electrons. The van der Waals surface area contributed by atoms with Gasteiger partial charge < -0.3 is 4.57 Å². The van der Waals surface area contributed by atoms with Gasteiger partial charge in [-0.1, -0.05) is 109 Å². The van der Waals surface area contributed by atoms with Crippen LogP contribution in [0.5, 0.6) is 0 Å². The summed E-state index contributed by atoms with van der Waals surface area (Å²) in [5, 5.41) is 8.13. The maximum Gasteiger partial charge on any atom is 0.171 e. The normalized spacial score (nSPS) is 13.4. The molecule has 3 nitrogen and oxygen atoms in total. The number of hydrogen-bond donors (Lipinski definition) is 0. The highest BCUT2D eigenvalue weighted by Crippen LogP contribution is 2.44. The molecule has 0 aliphatic heterocycles. The number of imidazole rings is 1. The number of aromatic nitrogens is 2. The van der Waals surface area contributed by atoms with Gasteiger partial charge in [0, 0.05) is 26.7 Å². The highest BCUT2D eigenvalue weighted by atomic mass is 31.2. The molecule has 8 aromatic rings. The van der Waals surface area contributed by atoms with Crippen molar-refractivity contribution in [3.05, 3.63) is 140 Å². The molecule has 0 saturated heterocycles. The number of benzene rings is 6. The number of para-hydroxylation sites is 1. The van der Waals surface area contributed by atoms with Gasteiger partial charge in [0.2, 0.25) is 0 Å². The highest BCUT2D eigenvalue weighted by Gasteiger charge is 2.30. The summed E-state index contributed by atoms with van der Waals surface area (Å²) < 4.78 is 17.6. The van der Waals surface area contributed by atoms with Crippen molar-refractivity contribution in [3.63, 3.8) is 0 Å². The minimum absolute atomic E-state index is 0.801. The molecule has 0 aliphatic carbocycles. The molecule has 1 unspecified atom stereocenters. The van der Waals surface area contributed by atoms with Crippen LogP contribution >= 0.6 is 7.14 Å². The lowest BCUT2D eigenvalue weighted by Gasteiger charge is -2.20. The van der Waals surface area contributed by atoms with Crippen LogP contribution in [-0.2, 0) is 4.57 Å². The fourth-order valence-corrected chi connectivity index (χ4v) is 8.63. The molecule has 6 aromatic carbocycles. The Balaban J connectivity index is 1.48. The van der Waals surface area contributed by atoms with Gasteiger partial charge in [-0.25, -0.2) is 4.98 Å². The Morgan fingerprint density at radius 3 is 1.97 bits per heavy atom. The van der Waals surface area contributed by atoms with Gasteiger partial charge in [-0.15, -0.1) is 0 Å². The zero-order valence-corrected chi connectivity index (χ0v) is 21.9. The maximum absolute atomic E-state index is 15.4. The van der Waals surface area contributed by atoms with Gasteiger partial charge in [-0.05, 0) is 46.5 Å². The van der Waals surface area contributed by atoms with E-state index in [1.165, 1.54) is 10.8 Å². The fraction of sp³-hybridized carbons (Fsp3) is 0. The maximum atomic E-state index is 15.4. The third-order valence-corrected chi connectivity index (χ3v) is 10.9. The van der Waals surface area contributed by atoms with Gasteiger partial charge in [0.15, 0.2) is 7.14 Å². The Labute approximate surface area is 225 Å². The second kappa shape index (κ2) is 8.39. The van der Waals surface area contributed by atoms with Crippen LogP contribution in [0.4, 0.5) is 0 Å². The predicted octanol–water partition coefficient (Wildman–Crippen LogP) is 7.59. The first-order valence-electron chi connectivity index (χ1n) is 13.1. The van der Waals surface area contributed by atoms with E-state index in [9.17, 15) is 0 Å². The van der Waals surface area contributed by atoms with E-state index < -0.39 is 7.14 Å². The molecular weight excluding hydrogens is 495 g/mol. The SMILES string of the molecule is O=P(c1ccccc1)(c1ccc2ccccc2c1)c1ccc2nc3c4ccccc4c4ccccc4n3c2c1. The molecule has 0 N–H and O–H groups in total. The summed E-state index contributed by atoms with van der Waals surface area (Å²) in [6.45, 7) is 0. The molecule has 184 valence electrons. The van der Waals surface area contributed by atoms with Crippen LogP contribution in [0, 0.1) is 0 Å². The van der Waals surface area contributed by atoms with Crippen LogP contribution in [-0.4, -0.2) is 9.38 Å². The fourth-order valence-electron chi connectivity index (χ4n) is 5.95. The third-order valence-electron chi connectivity index (χ3n) is 7.82. The van der Waals surface area contributed by atoms with Crippen LogP contribution in [0.3, 0.4) is 0 Å². The monoisotopic (exact) mass is 518 g/mol. The Hall–Kier alpha value is -4.72. The van der Waals surface area contributed by atoms with E-state index in [-0.39, 0.29) is 0 Å². The topological polar surface area (TPSA) is 34.4 Å². The van der Waals surface area contributed by atoms with Crippen molar-refractivity contribution < 1.29 is 4.57 Å². The third kappa shape index (κ3) is 3.24. The number of nitrogens with zero attached hydrogens (tertiary/aromatic N) is 2. The molecule has 4 heteroatoms. The lowest BCUT2D eigenvalue weighted by Crippen LogP contribution is -2.25. The molecule has 1 atom stereocenters. The molecule has 0 saturated carbocycles. The zero-order chi connectivity index (χ0) is 26.0. The van der Waals surface area contributed by atoms with E-state index in [1.54, 1.807) is 0 Å². The molecule has 2 heterocycles. The Bertz CT molecular complexity index is 2270. The number of pyridine rings is 1. The summed E-state index contributed by atoms with van der Waals surface area (Å²) in [7, 11) is -3.19. The first kappa shape index (κ1) is 22.3. The van der Waals surface area contributed by atoms with Gasteiger partial charge in [-0.2, -0.15) is 0 Å². The van der Waals surface area contributed by atoms with E-state index in [2.05, 4.69) is 83.3 Å². The molecular formula is C35H23N2OP. The quantitative estimate of drug-likeness (QED) is 0.178. The molecule has 2 aromatic heterocycles. The van der Waals surface area contributed by atoms with Crippen molar-refractivity contribution in [1.82, 2.24) is 9.38 Å². The van der Waals surface area contributed by atoms with Crippen molar-refractivity contribution in [2.24, 2.45) is 0 Å². The van der Waals surface area contributed by atoms with Crippen molar-refractivity contribution in [3.8, 4) is 0 Å². The highest BCUT2D eigenvalue weighted by molar-refractivity contribution is 7.85. The first-order valence-corrected chi connectivity index (χ1v) is 14.8. The second-order valence-electron chi connectivity index (χ2n) is 9.98. The van der Waals surface area contributed by atoms with Gasteiger partial charge >= 0.3 is 0 Å². The van der Waals surface area contributed by atoms with Crippen molar-refractivity contribution in [2.45, 2.75) is 0 Å². The average Bonchev–Trinajstić information content (AvgIpc) is 3.40. The first-order chi connectivity index (χ1) is 19.2. The molecule has 39 heavy (non-hydrogen) atoms. The molecule has 0 bridgehead atoms. The van der Waals surface area contributed by atoms with E-state index in [4.69, 9.17) is 4.98 Å². The van der Waals surface area contributed by atoms with Crippen LogP contribution in [0.15, 0.2) is 140 Å². The predicted molar refractivity (Wildman–Crippen MR) is 165 cm³/mol. The van der Waals surface area contributed by atoms with E-state index >= 15 is 4.57 Å². The number of hydrogen-bond acceptors (Lipinski definition) is 2. The van der Waals surface area contributed by atoms with Gasteiger partial charge in [0.1, 0.15) is 5.65 Å². The molecule has 0 amide bonds. The van der Waals surface area contributed by atoms with Crippen molar-refractivity contribution in [1.29, 1.82) is 0 Å². The Kier molecular flexibility index (Phi) is 4.79. The lowest BCUT2D eigenvalue weighted by atomic mass is 10.1. The zero-order valence-electron chi connectivity index (χ0n) is 21.0. The van der Waals surface area contributed by atoms with Crippen LogP contribution in [0.2, 0.25) is 0 Å². The summed E-state index contributed by atoms with van der Waals surface area (Å²) in [5.74, 6) is 0. The van der Waals surface area contributed by atoms with Crippen LogP contribution < -0.4 is 15.9 Å². The standard InChI is InChI=1S/C35H23N2OP/c38-39(26-12-2-1-3-13-26,27-19-18-24-10-4-5-11-25(24)22-27)28-20-21-32-34(23-28)37-33-17-9-8-15-30(33)29-14-6-7-16-31(29)35(37)36-32/h1-23H. The van der Waals surface area contributed by atoms with Crippen molar-refractivity contribution >= 4 is 72.2 Å². The molecule has 8 rings (SSSR count). The summed E-state index contributed by atoms with van der Waals surface area (Å²) >= 11 is 0. The second-order valence-corrected chi connectivity index (χ2v) is 12.8. The largest absolute Gasteiger partial charge is 0.309 e. The summed E-state index contributed by atoms with van der Waals surface area (Å²) in [6.07, 6.45) is 0. The van der Waals surface area contributed by atoms with Crippen molar-refractivity contribution in [2.75, 3.05) is 0 Å². The lowest BCUT2D eigenvalue weighted by molar-refractivity contribution is 0.592. The number of rotatable bonds is 3. The molecule has 0 spiro atoms. The van der Waals surface area contributed by atoms with E-state index in [1.807, 2.05) is 60.7 Å². The summed E-state index contributed by atoms with van der Waals surface area (Å²) in [6, 6.07) is 47.3. The van der Waals surface area contributed by atoms with Crippen LogP contribution in [0.1, 0.15) is 0 Å². The van der Waals surface area contributed by atoms with Gasteiger partial charge in [0.05, 0.1) is 16.6 Å². The molecule has 0 aliphatic rings. The van der Waals surface area contributed by atoms with E-state index in [0.29, 0.717) is 0 Å². The Morgan fingerprint density at radius 1 is 0.487 bits per heavy atom. The number of fused-ring (bicyclic) bond motifs is 9. The average molecular weight is 519 g/mol. The van der Waals surface area contributed by atoms with Gasteiger partial charge in [0.25, 0.3) is 0 Å². The Morgan fingerprint density at radius 2 is 1.13 bits per heavy atom. The smallest absolute Gasteiger partial charge is 0.171 e. The minimum Gasteiger partial charge on any atom is -0.309 e. The molecule has 0 fully saturated rings. The minimum atomic E-state index is -3.19. The van der Waals surface area contributed by atoms with E-state index in [0.717, 1.165) is 54.3 Å².